The number of amides is 1. The molecule has 4 heteroatoms. The smallest absolute Gasteiger partial charge is 0.329 e. The summed E-state index contributed by atoms with van der Waals surface area (Å²) in [6, 6.07) is 7.00. The summed E-state index contributed by atoms with van der Waals surface area (Å²) in [6.07, 6.45) is 1.51. The molecule has 1 fully saturated rings. The van der Waals surface area contributed by atoms with E-state index in [1.54, 1.807) is 4.90 Å². The van der Waals surface area contributed by atoms with Gasteiger partial charge in [-0.3, -0.25) is 4.79 Å². The minimum atomic E-state index is -0.531. The number of likely N-dealkylation sites (tertiary alicyclic amines) is 1. The van der Waals surface area contributed by atoms with Crippen LogP contribution in [0, 0.1) is 6.92 Å². The highest BCUT2D eigenvalue weighted by Crippen LogP contribution is 2.24. The number of benzene rings is 1. The van der Waals surface area contributed by atoms with Gasteiger partial charge in [-0.1, -0.05) is 18.2 Å². The van der Waals surface area contributed by atoms with Crippen LogP contribution in [0.4, 0.5) is 0 Å². The third-order valence-electron chi connectivity index (χ3n) is 3.57. The van der Waals surface area contributed by atoms with Crippen molar-refractivity contribution in [3.05, 3.63) is 35.4 Å². The molecule has 1 aliphatic heterocycles. The Labute approximate surface area is 126 Å². The zero-order chi connectivity index (χ0) is 15.6. The highest BCUT2D eigenvalue weighted by molar-refractivity contribution is 5.98. The van der Waals surface area contributed by atoms with Crippen molar-refractivity contribution in [1.29, 1.82) is 0 Å². The van der Waals surface area contributed by atoms with Crippen molar-refractivity contribution >= 4 is 11.9 Å². The average molecular weight is 289 g/mol. The number of rotatable bonds is 2. The number of hydrogen-bond acceptors (Lipinski definition) is 3. The van der Waals surface area contributed by atoms with Gasteiger partial charge < -0.3 is 9.64 Å². The summed E-state index contributed by atoms with van der Waals surface area (Å²) in [5.74, 6) is -0.386. The van der Waals surface area contributed by atoms with Gasteiger partial charge in [-0.25, -0.2) is 4.79 Å². The van der Waals surface area contributed by atoms with E-state index in [0.29, 0.717) is 18.5 Å². The highest BCUT2D eigenvalue weighted by atomic mass is 16.6. The molecule has 114 valence electrons. The van der Waals surface area contributed by atoms with Gasteiger partial charge in [0.15, 0.2) is 0 Å². The van der Waals surface area contributed by atoms with Crippen molar-refractivity contribution in [3.8, 4) is 0 Å². The summed E-state index contributed by atoms with van der Waals surface area (Å²) < 4.78 is 5.44. The zero-order valence-corrected chi connectivity index (χ0v) is 13.2. The van der Waals surface area contributed by atoms with Crippen LogP contribution in [0.2, 0.25) is 0 Å². The van der Waals surface area contributed by atoms with Crippen LogP contribution in [0.15, 0.2) is 24.3 Å². The first-order valence-corrected chi connectivity index (χ1v) is 7.39. The Kier molecular flexibility index (Phi) is 4.35. The van der Waals surface area contributed by atoms with Crippen molar-refractivity contribution in [3.63, 3.8) is 0 Å². The molecule has 0 radical (unpaired) electrons. The first-order valence-electron chi connectivity index (χ1n) is 7.39. The zero-order valence-electron chi connectivity index (χ0n) is 13.2. The molecule has 0 saturated carbocycles. The summed E-state index contributed by atoms with van der Waals surface area (Å²) in [7, 11) is 0. The Bertz CT molecular complexity index is 545. The number of aryl methyl sites for hydroxylation is 1. The van der Waals surface area contributed by atoms with Crippen LogP contribution in [-0.4, -0.2) is 35.0 Å². The lowest BCUT2D eigenvalue weighted by Gasteiger charge is -2.27. The fourth-order valence-electron chi connectivity index (χ4n) is 2.59. The molecule has 1 heterocycles. The van der Waals surface area contributed by atoms with Crippen LogP contribution in [-0.2, 0) is 9.53 Å². The molecule has 0 spiro atoms. The second-order valence-electron chi connectivity index (χ2n) is 6.50. The van der Waals surface area contributed by atoms with Gasteiger partial charge in [-0.05, 0) is 52.2 Å². The second-order valence-corrected chi connectivity index (χ2v) is 6.50. The predicted octanol–water partition coefficient (Wildman–Crippen LogP) is 2.94. The Morgan fingerprint density at radius 2 is 1.90 bits per heavy atom. The van der Waals surface area contributed by atoms with E-state index >= 15 is 0 Å². The topological polar surface area (TPSA) is 46.6 Å². The van der Waals surface area contributed by atoms with Crippen LogP contribution in [0.5, 0.6) is 0 Å². The van der Waals surface area contributed by atoms with E-state index in [-0.39, 0.29) is 11.9 Å². The third-order valence-corrected chi connectivity index (χ3v) is 3.57. The number of carbonyl (C=O) groups is 2. The summed E-state index contributed by atoms with van der Waals surface area (Å²) in [5, 5.41) is 0. The Balaban J connectivity index is 2.17. The SMILES string of the molecule is Cc1ccccc1C(=O)N1CCC[C@H]1C(=O)OC(C)(C)C. The van der Waals surface area contributed by atoms with E-state index in [0.717, 1.165) is 12.0 Å². The van der Waals surface area contributed by atoms with Gasteiger partial charge in [0, 0.05) is 12.1 Å². The minimum Gasteiger partial charge on any atom is -0.458 e. The lowest BCUT2D eigenvalue weighted by atomic mass is 10.1. The maximum atomic E-state index is 12.7. The molecule has 1 atom stereocenters. The second kappa shape index (κ2) is 5.88. The van der Waals surface area contributed by atoms with E-state index in [1.165, 1.54) is 0 Å². The van der Waals surface area contributed by atoms with Crippen molar-refractivity contribution < 1.29 is 14.3 Å². The molecular weight excluding hydrogens is 266 g/mol. The van der Waals surface area contributed by atoms with E-state index in [2.05, 4.69) is 0 Å². The van der Waals surface area contributed by atoms with Crippen molar-refractivity contribution in [2.24, 2.45) is 0 Å². The quantitative estimate of drug-likeness (QED) is 0.786. The maximum Gasteiger partial charge on any atom is 0.329 e. The monoisotopic (exact) mass is 289 g/mol. The van der Waals surface area contributed by atoms with Crippen molar-refractivity contribution in [2.45, 2.75) is 52.2 Å². The van der Waals surface area contributed by atoms with Gasteiger partial charge in [0.05, 0.1) is 0 Å². The highest BCUT2D eigenvalue weighted by Gasteiger charge is 2.37. The molecule has 1 amide bonds. The molecule has 1 aromatic carbocycles. The van der Waals surface area contributed by atoms with Gasteiger partial charge in [-0.2, -0.15) is 0 Å². The minimum absolute atomic E-state index is 0.0820. The van der Waals surface area contributed by atoms with Crippen molar-refractivity contribution in [2.75, 3.05) is 6.54 Å². The molecule has 0 bridgehead atoms. The van der Waals surface area contributed by atoms with Crippen LogP contribution in [0.1, 0.15) is 49.5 Å². The van der Waals surface area contributed by atoms with Gasteiger partial charge in [0.1, 0.15) is 11.6 Å². The predicted molar refractivity (Wildman–Crippen MR) is 81.1 cm³/mol. The third kappa shape index (κ3) is 3.63. The summed E-state index contributed by atoms with van der Waals surface area (Å²) in [6.45, 7) is 8.04. The summed E-state index contributed by atoms with van der Waals surface area (Å²) in [4.78, 5) is 26.6. The standard InChI is InChI=1S/C17H23NO3/c1-12-8-5-6-9-13(12)15(19)18-11-7-10-14(18)16(20)21-17(2,3)4/h5-6,8-9,14H,7,10-11H2,1-4H3/t14-/m0/s1. The first kappa shape index (κ1) is 15.5. The first-order chi connectivity index (χ1) is 9.79. The molecule has 0 aliphatic carbocycles. The van der Waals surface area contributed by atoms with Gasteiger partial charge >= 0.3 is 5.97 Å². The van der Waals surface area contributed by atoms with E-state index in [1.807, 2.05) is 52.0 Å². The normalized spacial score (nSPS) is 18.7. The van der Waals surface area contributed by atoms with Gasteiger partial charge in [-0.15, -0.1) is 0 Å². The van der Waals surface area contributed by atoms with Crippen LogP contribution in [0.3, 0.4) is 0 Å². The Hall–Kier alpha value is -1.84. The lowest BCUT2D eigenvalue weighted by Crippen LogP contribution is -2.43. The van der Waals surface area contributed by atoms with Gasteiger partial charge in [0.25, 0.3) is 5.91 Å². The van der Waals surface area contributed by atoms with Crippen LogP contribution < -0.4 is 0 Å². The average Bonchev–Trinajstić information content (AvgIpc) is 2.85. The molecule has 0 aromatic heterocycles. The fourth-order valence-corrected chi connectivity index (χ4v) is 2.59. The molecule has 0 unspecified atom stereocenters. The summed E-state index contributed by atoms with van der Waals surface area (Å²) >= 11 is 0. The fraction of sp³-hybridized carbons (Fsp3) is 0.529. The van der Waals surface area contributed by atoms with Crippen LogP contribution >= 0.6 is 0 Å². The molecule has 21 heavy (non-hydrogen) atoms. The molecule has 1 aromatic rings. The molecule has 0 N–H and O–H groups in total. The number of carbonyl (C=O) groups excluding carboxylic acids is 2. The van der Waals surface area contributed by atoms with Crippen LogP contribution in [0.25, 0.3) is 0 Å². The number of hydrogen-bond donors (Lipinski definition) is 0. The van der Waals surface area contributed by atoms with Crippen molar-refractivity contribution in [1.82, 2.24) is 4.90 Å². The molecular formula is C17H23NO3. The van der Waals surface area contributed by atoms with E-state index in [9.17, 15) is 9.59 Å². The van der Waals surface area contributed by atoms with E-state index < -0.39 is 11.6 Å². The maximum absolute atomic E-state index is 12.7. The molecule has 1 saturated heterocycles. The molecule has 2 rings (SSSR count). The number of nitrogens with zero attached hydrogens (tertiary/aromatic N) is 1. The summed E-state index contributed by atoms with van der Waals surface area (Å²) in [5.41, 5.74) is 1.06. The largest absolute Gasteiger partial charge is 0.458 e. The number of ether oxygens (including phenoxy) is 1. The lowest BCUT2D eigenvalue weighted by molar-refractivity contribution is -0.159. The number of esters is 1. The molecule has 1 aliphatic rings. The Morgan fingerprint density at radius 3 is 2.52 bits per heavy atom. The Morgan fingerprint density at radius 1 is 1.24 bits per heavy atom. The van der Waals surface area contributed by atoms with E-state index in [4.69, 9.17) is 4.74 Å². The van der Waals surface area contributed by atoms with Gasteiger partial charge in [0.2, 0.25) is 0 Å². The molecule has 4 nitrogen and oxygen atoms in total.